The van der Waals surface area contributed by atoms with E-state index in [-0.39, 0.29) is 17.7 Å². The van der Waals surface area contributed by atoms with Gasteiger partial charge in [-0.05, 0) is 44.6 Å². The fourth-order valence-corrected chi connectivity index (χ4v) is 3.64. The van der Waals surface area contributed by atoms with E-state index in [9.17, 15) is 9.59 Å². The number of hydrogen-bond donors (Lipinski definition) is 1. The standard InChI is InChI=1S/C21H28N2O2/c1-16-7-9-18(10-8-16)14-23-15-19(13-20(23)24)21(25)22-12-11-17-5-3-2-4-6-17/h5,7-10,19H,2-4,6,11-15H2,1H3,(H,22,25)/t19-/m1/s1. The molecule has 0 bridgehead atoms. The van der Waals surface area contributed by atoms with Crippen LogP contribution in [0.25, 0.3) is 0 Å². The number of aryl methyl sites for hydroxylation is 1. The third-order valence-electron chi connectivity index (χ3n) is 5.21. The molecule has 2 amide bonds. The lowest BCUT2D eigenvalue weighted by molar-refractivity contribution is -0.129. The molecule has 4 heteroatoms. The van der Waals surface area contributed by atoms with Crippen LogP contribution in [-0.2, 0) is 16.1 Å². The monoisotopic (exact) mass is 340 g/mol. The molecule has 0 aromatic heterocycles. The summed E-state index contributed by atoms with van der Waals surface area (Å²) in [4.78, 5) is 26.4. The second-order valence-corrected chi connectivity index (χ2v) is 7.31. The third kappa shape index (κ3) is 4.94. The van der Waals surface area contributed by atoms with Gasteiger partial charge in [0.1, 0.15) is 0 Å². The van der Waals surface area contributed by atoms with E-state index in [4.69, 9.17) is 0 Å². The second-order valence-electron chi connectivity index (χ2n) is 7.31. The Morgan fingerprint density at radius 1 is 1.24 bits per heavy atom. The van der Waals surface area contributed by atoms with Crippen LogP contribution in [0.5, 0.6) is 0 Å². The molecule has 0 saturated carbocycles. The number of carbonyl (C=O) groups excluding carboxylic acids is 2. The number of benzene rings is 1. The Bertz CT molecular complexity index is 648. The quantitative estimate of drug-likeness (QED) is 0.808. The lowest BCUT2D eigenvalue weighted by Crippen LogP contribution is -2.33. The van der Waals surface area contributed by atoms with Gasteiger partial charge in [0.25, 0.3) is 0 Å². The van der Waals surface area contributed by atoms with Gasteiger partial charge < -0.3 is 10.2 Å². The molecule has 1 aromatic rings. The van der Waals surface area contributed by atoms with Crippen LogP contribution >= 0.6 is 0 Å². The van der Waals surface area contributed by atoms with Gasteiger partial charge >= 0.3 is 0 Å². The van der Waals surface area contributed by atoms with Gasteiger partial charge in [-0.15, -0.1) is 0 Å². The van der Waals surface area contributed by atoms with Crippen molar-refractivity contribution in [2.45, 2.75) is 52.0 Å². The van der Waals surface area contributed by atoms with E-state index in [0.717, 1.165) is 12.0 Å². The van der Waals surface area contributed by atoms with E-state index in [2.05, 4.69) is 30.4 Å². The fraction of sp³-hybridized carbons (Fsp3) is 0.524. The van der Waals surface area contributed by atoms with Gasteiger partial charge in [-0.1, -0.05) is 41.5 Å². The molecule has 134 valence electrons. The summed E-state index contributed by atoms with van der Waals surface area (Å²) in [6.45, 7) is 3.86. The highest BCUT2D eigenvalue weighted by Gasteiger charge is 2.34. The first-order valence-corrected chi connectivity index (χ1v) is 9.41. The molecule has 25 heavy (non-hydrogen) atoms. The van der Waals surface area contributed by atoms with Crippen LogP contribution in [0.1, 0.15) is 49.7 Å². The van der Waals surface area contributed by atoms with E-state index >= 15 is 0 Å². The van der Waals surface area contributed by atoms with Crippen molar-refractivity contribution in [3.8, 4) is 0 Å². The van der Waals surface area contributed by atoms with Crippen molar-refractivity contribution in [3.63, 3.8) is 0 Å². The maximum Gasteiger partial charge on any atom is 0.225 e. The number of likely N-dealkylation sites (tertiary alicyclic amines) is 1. The highest BCUT2D eigenvalue weighted by molar-refractivity contribution is 5.89. The summed E-state index contributed by atoms with van der Waals surface area (Å²) in [7, 11) is 0. The maximum absolute atomic E-state index is 12.4. The summed E-state index contributed by atoms with van der Waals surface area (Å²) in [5.41, 5.74) is 3.79. The van der Waals surface area contributed by atoms with Crippen LogP contribution in [-0.4, -0.2) is 29.8 Å². The number of nitrogens with one attached hydrogen (secondary N) is 1. The lowest BCUT2D eigenvalue weighted by Gasteiger charge is -2.17. The summed E-state index contributed by atoms with van der Waals surface area (Å²) >= 11 is 0. The molecule has 1 aliphatic heterocycles. The zero-order chi connectivity index (χ0) is 17.6. The molecule has 1 fully saturated rings. The number of nitrogens with zero attached hydrogens (tertiary/aromatic N) is 1. The molecule has 4 nitrogen and oxygen atoms in total. The van der Waals surface area contributed by atoms with Gasteiger partial charge in [0.2, 0.25) is 11.8 Å². The number of allylic oxidation sites excluding steroid dienone is 1. The van der Waals surface area contributed by atoms with E-state index in [1.54, 1.807) is 4.90 Å². The summed E-state index contributed by atoms with van der Waals surface area (Å²) in [5, 5.41) is 3.03. The average molecular weight is 340 g/mol. The lowest BCUT2D eigenvalue weighted by atomic mass is 9.97. The predicted molar refractivity (Wildman–Crippen MR) is 98.9 cm³/mol. The molecule has 2 aliphatic rings. The molecule has 1 N–H and O–H groups in total. The van der Waals surface area contributed by atoms with Crippen LogP contribution < -0.4 is 5.32 Å². The molecule has 0 radical (unpaired) electrons. The molecule has 1 aromatic carbocycles. The normalized spacial score (nSPS) is 20.5. The van der Waals surface area contributed by atoms with E-state index in [1.807, 2.05) is 12.1 Å². The van der Waals surface area contributed by atoms with E-state index in [0.29, 0.717) is 26.1 Å². The van der Waals surface area contributed by atoms with Crippen LogP contribution in [0.4, 0.5) is 0 Å². The van der Waals surface area contributed by atoms with Gasteiger partial charge in [-0.3, -0.25) is 9.59 Å². The topological polar surface area (TPSA) is 49.4 Å². The molecule has 1 saturated heterocycles. The highest BCUT2D eigenvalue weighted by Crippen LogP contribution is 2.22. The van der Waals surface area contributed by atoms with Crippen molar-refractivity contribution < 1.29 is 9.59 Å². The van der Waals surface area contributed by atoms with Crippen LogP contribution in [0.15, 0.2) is 35.9 Å². The molecule has 1 aliphatic carbocycles. The smallest absolute Gasteiger partial charge is 0.225 e. The summed E-state index contributed by atoms with van der Waals surface area (Å²) in [6, 6.07) is 8.21. The Balaban J connectivity index is 1.45. The molecule has 0 unspecified atom stereocenters. The van der Waals surface area contributed by atoms with Crippen molar-refractivity contribution in [1.82, 2.24) is 10.2 Å². The van der Waals surface area contributed by atoms with Gasteiger partial charge in [-0.2, -0.15) is 0 Å². The van der Waals surface area contributed by atoms with Gasteiger partial charge in [0, 0.05) is 26.1 Å². The van der Waals surface area contributed by atoms with Crippen LogP contribution in [0.3, 0.4) is 0 Å². The van der Waals surface area contributed by atoms with Crippen molar-refractivity contribution in [1.29, 1.82) is 0 Å². The first kappa shape index (κ1) is 17.7. The second kappa shape index (κ2) is 8.32. The van der Waals surface area contributed by atoms with Gasteiger partial charge in [0.15, 0.2) is 0 Å². The Kier molecular flexibility index (Phi) is 5.90. The minimum Gasteiger partial charge on any atom is -0.355 e. The van der Waals surface area contributed by atoms with E-state index < -0.39 is 0 Å². The number of hydrogen-bond acceptors (Lipinski definition) is 2. The van der Waals surface area contributed by atoms with Crippen molar-refractivity contribution >= 4 is 11.8 Å². The Labute approximate surface area is 150 Å². The van der Waals surface area contributed by atoms with Crippen LogP contribution in [0.2, 0.25) is 0 Å². The van der Waals surface area contributed by atoms with Gasteiger partial charge in [0.05, 0.1) is 5.92 Å². The Hall–Kier alpha value is -2.10. The number of amides is 2. The predicted octanol–water partition coefficient (Wildman–Crippen LogP) is 3.35. The minimum absolute atomic E-state index is 0.0242. The average Bonchev–Trinajstić information content (AvgIpc) is 2.99. The first-order valence-electron chi connectivity index (χ1n) is 9.41. The molecular formula is C21H28N2O2. The first-order chi connectivity index (χ1) is 12.1. The zero-order valence-corrected chi connectivity index (χ0v) is 15.1. The third-order valence-corrected chi connectivity index (χ3v) is 5.21. The molecule has 1 heterocycles. The number of carbonyl (C=O) groups is 2. The summed E-state index contributed by atoms with van der Waals surface area (Å²) in [6.07, 6.45) is 8.50. The largest absolute Gasteiger partial charge is 0.355 e. The number of rotatable bonds is 6. The summed E-state index contributed by atoms with van der Waals surface area (Å²) < 4.78 is 0. The Morgan fingerprint density at radius 2 is 2.04 bits per heavy atom. The van der Waals surface area contributed by atoms with Gasteiger partial charge in [-0.25, -0.2) is 0 Å². The molecular weight excluding hydrogens is 312 g/mol. The zero-order valence-electron chi connectivity index (χ0n) is 15.1. The molecule has 3 rings (SSSR count). The van der Waals surface area contributed by atoms with Crippen molar-refractivity contribution in [2.75, 3.05) is 13.1 Å². The summed E-state index contributed by atoms with van der Waals surface area (Å²) in [5.74, 6) is -0.106. The Morgan fingerprint density at radius 3 is 2.76 bits per heavy atom. The SMILES string of the molecule is Cc1ccc(CN2C[C@H](C(=O)NCCC3=CCCCC3)CC2=O)cc1. The van der Waals surface area contributed by atoms with E-state index in [1.165, 1.54) is 36.8 Å². The van der Waals surface area contributed by atoms with Crippen LogP contribution in [0, 0.1) is 12.8 Å². The van der Waals surface area contributed by atoms with Crippen molar-refractivity contribution in [2.24, 2.45) is 5.92 Å². The van der Waals surface area contributed by atoms with Crippen molar-refractivity contribution in [3.05, 3.63) is 47.0 Å². The highest BCUT2D eigenvalue weighted by atomic mass is 16.2. The maximum atomic E-state index is 12.4. The molecule has 1 atom stereocenters. The molecule has 0 spiro atoms. The minimum atomic E-state index is -0.210. The fourth-order valence-electron chi connectivity index (χ4n) is 3.64.